The van der Waals surface area contributed by atoms with Gasteiger partial charge in [0.2, 0.25) is 0 Å². The summed E-state index contributed by atoms with van der Waals surface area (Å²) in [6.07, 6.45) is 6.82. The van der Waals surface area contributed by atoms with Crippen molar-refractivity contribution in [1.82, 2.24) is 0 Å². The van der Waals surface area contributed by atoms with Crippen LogP contribution in [0.1, 0.15) is 44.6 Å². The number of halogens is 1. The van der Waals surface area contributed by atoms with Crippen molar-refractivity contribution in [3.63, 3.8) is 0 Å². The van der Waals surface area contributed by atoms with Crippen LogP contribution < -0.4 is 4.74 Å². The van der Waals surface area contributed by atoms with Crippen LogP contribution in [0.4, 0.5) is 0 Å². The first-order valence-corrected chi connectivity index (χ1v) is 7.98. The predicted octanol–water partition coefficient (Wildman–Crippen LogP) is 4.94. The molecule has 1 aromatic carbocycles. The Kier molecular flexibility index (Phi) is 5.71. The van der Waals surface area contributed by atoms with E-state index < -0.39 is 0 Å². The predicted molar refractivity (Wildman–Crippen MR) is 81.5 cm³/mol. The molecule has 2 atom stereocenters. The summed E-state index contributed by atoms with van der Waals surface area (Å²) in [6.45, 7) is 2.91. The molecule has 2 rings (SSSR count). The van der Waals surface area contributed by atoms with Gasteiger partial charge in [-0.05, 0) is 37.0 Å². The summed E-state index contributed by atoms with van der Waals surface area (Å²) < 4.78 is 12.6. The highest BCUT2D eigenvalue weighted by atomic mass is 79.9. The Morgan fingerprint density at radius 3 is 2.79 bits per heavy atom. The van der Waals surface area contributed by atoms with E-state index in [0.29, 0.717) is 12.7 Å². The van der Waals surface area contributed by atoms with E-state index in [1.807, 2.05) is 12.1 Å². The van der Waals surface area contributed by atoms with Crippen LogP contribution in [0.15, 0.2) is 22.7 Å². The number of methoxy groups -OCH3 is 1. The Balaban J connectivity index is 1.99. The van der Waals surface area contributed by atoms with Crippen molar-refractivity contribution in [2.24, 2.45) is 5.92 Å². The second kappa shape index (κ2) is 7.30. The normalized spacial score (nSPS) is 23.3. The van der Waals surface area contributed by atoms with Crippen LogP contribution in [0.5, 0.6) is 5.75 Å². The first kappa shape index (κ1) is 14.9. The van der Waals surface area contributed by atoms with Crippen molar-refractivity contribution in [3.05, 3.63) is 28.2 Å². The van der Waals surface area contributed by atoms with Gasteiger partial charge in [0.25, 0.3) is 0 Å². The highest BCUT2D eigenvalue weighted by Crippen LogP contribution is 2.31. The lowest BCUT2D eigenvalue weighted by molar-refractivity contribution is -0.0227. The van der Waals surface area contributed by atoms with Crippen LogP contribution in [0.2, 0.25) is 0 Å². The summed E-state index contributed by atoms with van der Waals surface area (Å²) in [4.78, 5) is 0. The van der Waals surface area contributed by atoms with Gasteiger partial charge >= 0.3 is 0 Å². The zero-order valence-electron chi connectivity index (χ0n) is 11.8. The fourth-order valence-corrected chi connectivity index (χ4v) is 3.33. The molecule has 0 radical (unpaired) electrons. The molecule has 1 aliphatic carbocycles. The average molecular weight is 327 g/mol. The van der Waals surface area contributed by atoms with E-state index in [9.17, 15) is 0 Å². The van der Waals surface area contributed by atoms with Gasteiger partial charge in [0.15, 0.2) is 0 Å². The first-order valence-electron chi connectivity index (χ1n) is 7.18. The van der Waals surface area contributed by atoms with Crippen molar-refractivity contribution in [2.75, 3.05) is 7.11 Å². The lowest BCUT2D eigenvalue weighted by Gasteiger charge is -2.31. The fraction of sp³-hybridized carbons (Fsp3) is 0.625. The van der Waals surface area contributed by atoms with Crippen molar-refractivity contribution in [2.45, 2.75) is 51.7 Å². The summed E-state index contributed by atoms with van der Waals surface area (Å²) >= 11 is 3.51. The van der Waals surface area contributed by atoms with Gasteiger partial charge in [-0.25, -0.2) is 0 Å². The first-order chi connectivity index (χ1) is 9.24. The van der Waals surface area contributed by atoms with E-state index in [1.165, 1.54) is 32.1 Å². The quantitative estimate of drug-likeness (QED) is 0.762. The topological polar surface area (TPSA) is 18.5 Å². The van der Waals surface area contributed by atoms with Crippen LogP contribution in [0.25, 0.3) is 0 Å². The molecule has 1 aromatic rings. The van der Waals surface area contributed by atoms with Crippen LogP contribution >= 0.6 is 15.9 Å². The van der Waals surface area contributed by atoms with Crippen LogP contribution in [0.3, 0.4) is 0 Å². The zero-order valence-corrected chi connectivity index (χ0v) is 13.4. The molecule has 0 amide bonds. The molecule has 0 heterocycles. The molecule has 0 bridgehead atoms. The van der Waals surface area contributed by atoms with Gasteiger partial charge in [0, 0.05) is 10.0 Å². The number of hydrogen-bond donors (Lipinski definition) is 0. The molecule has 0 spiro atoms. The molecule has 0 saturated heterocycles. The largest absolute Gasteiger partial charge is 0.496 e. The van der Waals surface area contributed by atoms with Gasteiger partial charge < -0.3 is 9.47 Å². The summed E-state index contributed by atoms with van der Waals surface area (Å²) in [5.74, 6) is 1.64. The summed E-state index contributed by atoms with van der Waals surface area (Å²) in [5.41, 5.74) is 1.12. The van der Waals surface area contributed by atoms with Gasteiger partial charge in [0.1, 0.15) is 5.75 Å². The molecule has 0 N–H and O–H groups in total. The van der Waals surface area contributed by atoms with Gasteiger partial charge in [-0.2, -0.15) is 0 Å². The van der Waals surface area contributed by atoms with E-state index in [1.54, 1.807) is 7.11 Å². The Labute approximate surface area is 124 Å². The van der Waals surface area contributed by atoms with Gasteiger partial charge in [-0.1, -0.05) is 42.1 Å². The number of rotatable bonds is 5. The summed E-state index contributed by atoms with van der Waals surface area (Å²) in [6, 6.07) is 6.07. The molecule has 1 fully saturated rings. The number of hydrogen-bond acceptors (Lipinski definition) is 2. The second-order valence-electron chi connectivity index (χ2n) is 5.26. The Morgan fingerprint density at radius 2 is 2.05 bits per heavy atom. The van der Waals surface area contributed by atoms with E-state index >= 15 is 0 Å². The van der Waals surface area contributed by atoms with Gasteiger partial charge in [-0.3, -0.25) is 0 Å². The van der Waals surface area contributed by atoms with Crippen molar-refractivity contribution in [1.29, 1.82) is 0 Å². The Hall–Kier alpha value is -0.540. The van der Waals surface area contributed by atoms with Crippen LogP contribution in [-0.2, 0) is 11.3 Å². The van der Waals surface area contributed by atoms with Crippen molar-refractivity contribution >= 4 is 15.9 Å². The van der Waals surface area contributed by atoms with Gasteiger partial charge in [-0.15, -0.1) is 0 Å². The average Bonchev–Trinajstić information content (AvgIpc) is 2.45. The molecule has 1 aliphatic rings. The molecular formula is C16H23BrO2. The van der Waals surface area contributed by atoms with Crippen LogP contribution in [-0.4, -0.2) is 13.2 Å². The van der Waals surface area contributed by atoms with E-state index in [2.05, 4.69) is 28.9 Å². The standard InChI is InChI=1S/C16H23BrO2/c1-3-12-6-4-5-7-16(12)19-11-13-10-14(17)8-9-15(13)18-2/h8-10,12,16H,3-7,11H2,1-2H3. The third kappa shape index (κ3) is 3.96. The lowest BCUT2D eigenvalue weighted by Crippen LogP contribution is -2.27. The molecule has 0 aromatic heterocycles. The maximum Gasteiger partial charge on any atom is 0.124 e. The number of ether oxygens (including phenoxy) is 2. The van der Waals surface area contributed by atoms with Crippen molar-refractivity contribution < 1.29 is 9.47 Å². The van der Waals surface area contributed by atoms with E-state index in [0.717, 1.165) is 21.7 Å². The molecule has 3 heteroatoms. The third-order valence-electron chi connectivity index (χ3n) is 4.06. The molecule has 0 aliphatic heterocycles. The smallest absolute Gasteiger partial charge is 0.124 e. The monoisotopic (exact) mass is 326 g/mol. The highest BCUT2D eigenvalue weighted by Gasteiger charge is 2.24. The molecule has 106 valence electrons. The third-order valence-corrected chi connectivity index (χ3v) is 4.55. The minimum atomic E-state index is 0.419. The van der Waals surface area contributed by atoms with E-state index in [4.69, 9.17) is 9.47 Å². The molecule has 2 unspecified atom stereocenters. The minimum absolute atomic E-state index is 0.419. The lowest BCUT2D eigenvalue weighted by atomic mass is 9.85. The summed E-state index contributed by atoms with van der Waals surface area (Å²) in [7, 11) is 1.71. The fourth-order valence-electron chi connectivity index (χ4n) is 2.92. The molecular weight excluding hydrogens is 304 g/mol. The Morgan fingerprint density at radius 1 is 1.26 bits per heavy atom. The minimum Gasteiger partial charge on any atom is -0.496 e. The van der Waals surface area contributed by atoms with Gasteiger partial charge in [0.05, 0.1) is 19.8 Å². The second-order valence-corrected chi connectivity index (χ2v) is 6.17. The number of benzene rings is 1. The molecule has 2 nitrogen and oxygen atoms in total. The Bertz CT molecular complexity index is 406. The van der Waals surface area contributed by atoms with Crippen molar-refractivity contribution in [3.8, 4) is 5.75 Å². The zero-order chi connectivity index (χ0) is 13.7. The molecule has 1 saturated carbocycles. The molecule has 19 heavy (non-hydrogen) atoms. The maximum absolute atomic E-state index is 6.17. The highest BCUT2D eigenvalue weighted by molar-refractivity contribution is 9.10. The summed E-state index contributed by atoms with van der Waals surface area (Å²) in [5, 5.41) is 0. The van der Waals surface area contributed by atoms with E-state index in [-0.39, 0.29) is 0 Å². The SMILES string of the molecule is CCC1CCCCC1OCc1cc(Br)ccc1OC. The maximum atomic E-state index is 6.17. The van der Waals surface area contributed by atoms with Crippen LogP contribution in [0, 0.1) is 5.92 Å².